The Bertz CT molecular complexity index is 576. The molecule has 2 fully saturated rings. The van der Waals surface area contributed by atoms with Crippen molar-refractivity contribution in [2.75, 3.05) is 39.3 Å². The summed E-state index contributed by atoms with van der Waals surface area (Å²) in [6.07, 6.45) is 4.27. The molecule has 2 amide bonds. The summed E-state index contributed by atoms with van der Waals surface area (Å²) in [6, 6.07) is 10.1. The predicted molar refractivity (Wildman–Crippen MR) is 105 cm³/mol. The number of hydrogen-bond acceptors (Lipinski definition) is 3. The smallest absolute Gasteiger partial charge is 0.227 e. The molecule has 2 saturated heterocycles. The summed E-state index contributed by atoms with van der Waals surface area (Å²) in [5.41, 5.74) is 1.20. The van der Waals surface area contributed by atoms with Crippen LogP contribution < -0.4 is 5.32 Å². The Morgan fingerprint density at radius 1 is 1.00 bits per heavy atom. The van der Waals surface area contributed by atoms with E-state index in [9.17, 15) is 9.59 Å². The molecule has 2 aliphatic rings. The second kappa shape index (κ2) is 10.5. The van der Waals surface area contributed by atoms with Gasteiger partial charge >= 0.3 is 0 Å². The van der Waals surface area contributed by atoms with Crippen molar-refractivity contribution in [3.8, 4) is 0 Å². The molecule has 1 unspecified atom stereocenters. The summed E-state index contributed by atoms with van der Waals surface area (Å²) in [6.45, 7) is 4.70. The van der Waals surface area contributed by atoms with Gasteiger partial charge in [0, 0.05) is 39.1 Å². The normalized spacial score (nSPS) is 20.8. The van der Waals surface area contributed by atoms with Crippen LogP contribution in [0.1, 0.15) is 31.2 Å². The topological polar surface area (TPSA) is 52.7 Å². The van der Waals surface area contributed by atoms with Crippen LogP contribution in [0.2, 0.25) is 0 Å². The number of benzene rings is 1. The molecule has 1 atom stereocenters. The average Bonchev–Trinajstić information content (AvgIpc) is 2.93. The number of carbonyl (C=O) groups is 2. The minimum atomic E-state index is 0. The molecular formula is C20H30ClN3O2. The maximum Gasteiger partial charge on any atom is 0.227 e. The Balaban J connectivity index is 0.00000243. The first-order chi connectivity index (χ1) is 12.2. The molecule has 5 nitrogen and oxygen atoms in total. The number of nitrogens with zero attached hydrogens (tertiary/aromatic N) is 2. The van der Waals surface area contributed by atoms with E-state index in [1.807, 2.05) is 28.0 Å². The van der Waals surface area contributed by atoms with Gasteiger partial charge in [-0.25, -0.2) is 0 Å². The first-order valence-electron chi connectivity index (χ1n) is 9.55. The zero-order valence-corrected chi connectivity index (χ0v) is 16.2. The SMILES string of the molecule is Cl.O=C(CCc1ccccc1)N1CCCN(C(=O)C2CCCNC2)CC1. The van der Waals surface area contributed by atoms with Gasteiger partial charge in [-0.1, -0.05) is 30.3 Å². The molecule has 3 rings (SSSR count). The Morgan fingerprint density at radius 2 is 1.73 bits per heavy atom. The second-order valence-corrected chi connectivity index (χ2v) is 7.09. The molecule has 1 N–H and O–H groups in total. The zero-order chi connectivity index (χ0) is 17.5. The van der Waals surface area contributed by atoms with E-state index in [2.05, 4.69) is 17.4 Å². The van der Waals surface area contributed by atoms with Crippen LogP contribution >= 0.6 is 12.4 Å². The van der Waals surface area contributed by atoms with Gasteiger partial charge in [0.1, 0.15) is 0 Å². The fourth-order valence-electron chi connectivity index (χ4n) is 3.76. The van der Waals surface area contributed by atoms with Crippen molar-refractivity contribution in [1.82, 2.24) is 15.1 Å². The summed E-state index contributed by atoms with van der Waals surface area (Å²) in [7, 11) is 0. The number of piperidine rings is 1. The Morgan fingerprint density at radius 3 is 2.46 bits per heavy atom. The molecule has 1 aromatic rings. The third kappa shape index (κ3) is 5.71. The average molecular weight is 380 g/mol. The number of hydrogen-bond donors (Lipinski definition) is 1. The van der Waals surface area contributed by atoms with Gasteiger partial charge in [0.2, 0.25) is 11.8 Å². The highest BCUT2D eigenvalue weighted by molar-refractivity contribution is 5.85. The molecule has 0 aliphatic carbocycles. The minimum Gasteiger partial charge on any atom is -0.341 e. The first kappa shape index (κ1) is 20.7. The maximum absolute atomic E-state index is 12.7. The van der Waals surface area contributed by atoms with Gasteiger partial charge in [0.25, 0.3) is 0 Å². The fourth-order valence-corrected chi connectivity index (χ4v) is 3.76. The van der Waals surface area contributed by atoms with Crippen LogP contribution in [0.4, 0.5) is 0 Å². The molecule has 0 spiro atoms. The lowest BCUT2D eigenvalue weighted by molar-refractivity contribution is -0.137. The van der Waals surface area contributed by atoms with Crippen molar-refractivity contribution < 1.29 is 9.59 Å². The summed E-state index contributed by atoms with van der Waals surface area (Å²) < 4.78 is 0. The van der Waals surface area contributed by atoms with E-state index in [-0.39, 0.29) is 30.1 Å². The van der Waals surface area contributed by atoms with E-state index in [4.69, 9.17) is 0 Å². The van der Waals surface area contributed by atoms with E-state index in [0.29, 0.717) is 19.5 Å². The number of aryl methyl sites for hydroxylation is 1. The predicted octanol–water partition coefficient (Wildman–Crippen LogP) is 2.10. The summed E-state index contributed by atoms with van der Waals surface area (Å²) in [4.78, 5) is 29.1. The standard InChI is InChI=1S/C20H29N3O2.ClH/c24-19(10-9-17-6-2-1-3-7-17)22-12-5-13-23(15-14-22)20(25)18-8-4-11-21-16-18;/h1-3,6-7,18,21H,4-5,8-16H2;1H. The molecule has 2 aliphatic heterocycles. The van der Waals surface area contributed by atoms with Crippen molar-refractivity contribution >= 4 is 24.2 Å². The van der Waals surface area contributed by atoms with Crippen molar-refractivity contribution in [2.45, 2.75) is 32.1 Å². The monoisotopic (exact) mass is 379 g/mol. The highest BCUT2D eigenvalue weighted by atomic mass is 35.5. The number of nitrogens with one attached hydrogen (secondary N) is 1. The number of rotatable bonds is 4. The Hall–Kier alpha value is -1.59. The van der Waals surface area contributed by atoms with E-state index in [0.717, 1.165) is 51.9 Å². The Labute approximate surface area is 162 Å². The number of carbonyl (C=O) groups excluding carboxylic acids is 2. The molecule has 6 heteroatoms. The fraction of sp³-hybridized carbons (Fsp3) is 0.600. The van der Waals surface area contributed by atoms with Crippen LogP contribution in [0.15, 0.2) is 30.3 Å². The van der Waals surface area contributed by atoms with Gasteiger partial charge in [0.05, 0.1) is 5.92 Å². The lowest BCUT2D eigenvalue weighted by Crippen LogP contribution is -2.44. The summed E-state index contributed by atoms with van der Waals surface area (Å²) >= 11 is 0. The molecule has 1 aromatic carbocycles. The van der Waals surface area contributed by atoms with E-state index in [1.165, 1.54) is 5.56 Å². The third-order valence-electron chi connectivity index (χ3n) is 5.28. The van der Waals surface area contributed by atoms with Crippen LogP contribution in [0, 0.1) is 5.92 Å². The lowest BCUT2D eigenvalue weighted by atomic mass is 9.98. The maximum atomic E-state index is 12.7. The lowest BCUT2D eigenvalue weighted by Gasteiger charge is -2.29. The molecule has 26 heavy (non-hydrogen) atoms. The molecule has 0 radical (unpaired) electrons. The van der Waals surface area contributed by atoms with Crippen molar-refractivity contribution in [1.29, 1.82) is 0 Å². The van der Waals surface area contributed by atoms with Gasteiger partial charge in [-0.15, -0.1) is 12.4 Å². The van der Waals surface area contributed by atoms with Crippen LogP contribution in [-0.4, -0.2) is 60.9 Å². The van der Waals surface area contributed by atoms with Gasteiger partial charge in [-0.2, -0.15) is 0 Å². The highest BCUT2D eigenvalue weighted by Gasteiger charge is 2.28. The largest absolute Gasteiger partial charge is 0.341 e. The van der Waals surface area contributed by atoms with E-state index in [1.54, 1.807) is 0 Å². The highest BCUT2D eigenvalue weighted by Crippen LogP contribution is 2.16. The number of amides is 2. The second-order valence-electron chi connectivity index (χ2n) is 7.09. The third-order valence-corrected chi connectivity index (χ3v) is 5.28. The molecule has 2 heterocycles. The molecule has 0 aromatic heterocycles. The minimum absolute atomic E-state index is 0. The van der Waals surface area contributed by atoms with Crippen LogP contribution in [0.5, 0.6) is 0 Å². The Kier molecular flexibility index (Phi) is 8.39. The zero-order valence-electron chi connectivity index (χ0n) is 15.4. The van der Waals surface area contributed by atoms with Crippen LogP contribution in [0.25, 0.3) is 0 Å². The molecule has 0 saturated carbocycles. The van der Waals surface area contributed by atoms with E-state index >= 15 is 0 Å². The molecule has 144 valence electrons. The van der Waals surface area contributed by atoms with Crippen LogP contribution in [0.3, 0.4) is 0 Å². The van der Waals surface area contributed by atoms with Crippen molar-refractivity contribution in [2.24, 2.45) is 5.92 Å². The summed E-state index contributed by atoms with van der Waals surface area (Å²) in [5.74, 6) is 0.595. The first-order valence-corrected chi connectivity index (χ1v) is 9.55. The van der Waals surface area contributed by atoms with Crippen molar-refractivity contribution in [3.63, 3.8) is 0 Å². The van der Waals surface area contributed by atoms with E-state index < -0.39 is 0 Å². The van der Waals surface area contributed by atoms with Crippen molar-refractivity contribution in [3.05, 3.63) is 35.9 Å². The summed E-state index contributed by atoms with van der Waals surface area (Å²) in [5, 5.41) is 3.32. The quantitative estimate of drug-likeness (QED) is 0.871. The molecule has 0 bridgehead atoms. The van der Waals surface area contributed by atoms with Gasteiger partial charge in [0.15, 0.2) is 0 Å². The van der Waals surface area contributed by atoms with Crippen LogP contribution in [-0.2, 0) is 16.0 Å². The van der Waals surface area contributed by atoms with Gasteiger partial charge in [-0.05, 0) is 37.8 Å². The van der Waals surface area contributed by atoms with Gasteiger partial charge < -0.3 is 15.1 Å². The van der Waals surface area contributed by atoms with Gasteiger partial charge in [-0.3, -0.25) is 9.59 Å². The number of halogens is 1. The molecular weight excluding hydrogens is 350 g/mol.